The molecule has 0 saturated carbocycles. The first-order chi connectivity index (χ1) is 9.22. The van der Waals surface area contributed by atoms with Gasteiger partial charge in [0.25, 0.3) is 5.91 Å². The maximum atomic E-state index is 11.0. The van der Waals surface area contributed by atoms with Crippen LogP contribution in [0, 0.1) is 0 Å². The van der Waals surface area contributed by atoms with Crippen LogP contribution >= 0.6 is 11.3 Å². The van der Waals surface area contributed by atoms with Gasteiger partial charge in [-0.15, -0.1) is 11.3 Å². The third kappa shape index (κ3) is 2.38. The average Bonchev–Trinajstić information content (AvgIpc) is 2.87. The summed E-state index contributed by atoms with van der Waals surface area (Å²) in [6.45, 7) is 0. The molecule has 0 bridgehead atoms. The van der Waals surface area contributed by atoms with E-state index in [1.807, 2.05) is 30.3 Å². The number of pyridine rings is 1. The SMILES string of the molecule is NC(=O)c1csc(Nc2ccc3ncccc3c2)n1. The predicted molar refractivity (Wildman–Crippen MR) is 75.7 cm³/mol. The van der Waals surface area contributed by atoms with Crippen molar-refractivity contribution in [3.8, 4) is 0 Å². The molecule has 0 unspecified atom stereocenters. The molecule has 6 heteroatoms. The summed E-state index contributed by atoms with van der Waals surface area (Å²) in [6, 6.07) is 9.71. The van der Waals surface area contributed by atoms with Gasteiger partial charge in [-0.05, 0) is 24.3 Å². The topological polar surface area (TPSA) is 80.9 Å². The van der Waals surface area contributed by atoms with Gasteiger partial charge in [-0.25, -0.2) is 4.98 Å². The maximum absolute atomic E-state index is 11.0. The largest absolute Gasteiger partial charge is 0.364 e. The fraction of sp³-hybridized carbons (Fsp3) is 0. The van der Waals surface area contributed by atoms with Crippen molar-refractivity contribution >= 4 is 39.0 Å². The third-order valence-electron chi connectivity index (χ3n) is 2.61. The Kier molecular flexibility index (Phi) is 2.85. The number of nitrogens with zero attached hydrogens (tertiary/aromatic N) is 2. The fourth-order valence-corrected chi connectivity index (χ4v) is 2.44. The standard InChI is InChI=1S/C13H10N4OS/c14-12(18)11-7-19-13(17-11)16-9-3-4-10-8(6-9)2-1-5-15-10/h1-7H,(H2,14,18)(H,16,17). The van der Waals surface area contributed by atoms with E-state index in [2.05, 4.69) is 15.3 Å². The van der Waals surface area contributed by atoms with Crippen molar-refractivity contribution in [2.24, 2.45) is 5.73 Å². The number of carbonyl (C=O) groups excluding carboxylic acids is 1. The zero-order chi connectivity index (χ0) is 13.2. The molecule has 0 aliphatic heterocycles. The molecule has 0 fully saturated rings. The van der Waals surface area contributed by atoms with Crippen molar-refractivity contribution in [3.63, 3.8) is 0 Å². The Hall–Kier alpha value is -2.47. The van der Waals surface area contributed by atoms with Crippen LogP contribution in [0.25, 0.3) is 10.9 Å². The van der Waals surface area contributed by atoms with Crippen molar-refractivity contribution in [2.45, 2.75) is 0 Å². The molecule has 5 nitrogen and oxygen atoms in total. The van der Waals surface area contributed by atoms with Crippen LogP contribution < -0.4 is 11.1 Å². The number of aromatic nitrogens is 2. The maximum Gasteiger partial charge on any atom is 0.268 e. The number of rotatable bonds is 3. The Bertz CT molecular complexity index is 753. The molecule has 1 amide bonds. The van der Waals surface area contributed by atoms with Crippen LogP contribution in [0.1, 0.15) is 10.5 Å². The average molecular weight is 270 g/mol. The van der Waals surface area contributed by atoms with E-state index in [-0.39, 0.29) is 5.69 Å². The lowest BCUT2D eigenvalue weighted by Crippen LogP contribution is -2.11. The van der Waals surface area contributed by atoms with Crippen LogP contribution in [0.2, 0.25) is 0 Å². The molecule has 3 aromatic rings. The number of hydrogen-bond acceptors (Lipinski definition) is 5. The number of benzene rings is 1. The van der Waals surface area contributed by atoms with Crippen LogP contribution in [0.4, 0.5) is 10.8 Å². The second-order valence-corrected chi connectivity index (χ2v) is 4.80. The summed E-state index contributed by atoms with van der Waals surface area (Å²) >= 11 is 1.34. The van der Waals surface area contributed by atoms with Gasteiger partial charge in [-0.3, -0.25) is 9.78 Å². The number of hydrogen-bond donors (Lipinski definition) is 2. The lowest BCUT2D eigenvalue weighted by Gasteiger charge is -2.03. The summed E-state index contributed by atoms with van der Waals surface area (Å²) < 4.78 is 0. The normalized spacial score (nSPS) is 10.5. The van der Waals surface area contributed by atoms with Crippen LogP contribution in [-0.4, -0.2) is 15.9 Å². The highest BCUT2D eigenvalue weighted by molar-refractivity contribution is 7.14. The van der Waals surface area contributed by atoms with Gasteiger partial charge in [0.1, 0.15) is 5.69 Å². The van der Waals surface area contributed by atoms with Gasteiger partial charge in [-0.1, -0.05) is 6.07 Å². The fourth-order valence-electron chi connectivity index (χ4n) is 1.72. The molecule has 94 valence electrons. The molecule has 19 heavy (non-hydrogen) atoms. The van der Waals surface area contributed by atoms with Gasteiger partial charge in [-0.2, -0.15) is 0 Å². The minimum absolute atomic E-state index is 0.273. The summed E-state index contributed by atoms with van der Waals surface area (Å²) in [4.78, 5) is 19.3. The highest BCUT2D eigenvalue weighted by atomic mass is 32.1. The van der Waals surface area contributed by atoms with E-state index in [1.54, 1.807) is 11.6 Å². The molecule has 2 heterocycles. The molecule has 0 aliphatic rings. The van der Waals surface area contributed by atoms with Crippen molar-refractivity contribution in [1.29, 1.82) is 0 Å². The van der Waals surface area contributed by atoms with E-state index < -0.39 is 5.91 Å². The van der Waals surface area contributed by atoms with Crippen molar-refractivity contribution < 1.29 is 4.79 Å². The Morgan fingerprint density at radius 2 is 2.21 bits per heavy atom. The second-order valence-electron chi connectivity index (χ2n) is 3.94. The number of primary amides is 1. The van der Waals surface area contributed by atoms with Gasteiger partial charge >= 0.3 is 0 Å². The molecule has 1 aromatic carbocycles. The predicted octanol–water partition coefficient (Wildman–Crippen LogP) is 2.53. The summed E-state index contributed by atoms with van der Waals surface area (Å²) in [5.41, 5.74) is 7.27. The number of amides is 1. The summed E-state index contributed by atoms with van der Waals surface area (Å²) in [5, 5.41) is 6.45. The molecule has 0 aliphatic carbocycles. The number of fused-ring (bicyclic) bond motifs is 1. The molecule has 3 rings (SSSR count). The minimum atomic E-state index is -0.521. The number of nitrogens with one attached hydrogen (secondary N) is 1. The molecule has 0 saturated heterocycles. The van der Waals surface area contributed by atoms with E-state index >= 15 is 0 Å². The monoisotopic (exact) mass is 270 g/mol. The second kappa shape index (κ2) is 4.66. The van der Waals surface area contributed by atoms with Crippen molar-refractivity contribution in [1.82, 2.24) is 9.97 Å². The molecule has 2 aromatic heterocycles. The quantitative estimate of drug-likeness (QED) is 0.766. The summed E-state index contributed by atoms with van der Waals surface area (Å²) in [5.74, 6) is -0.521. The molecular formula is C13H10N4OS. The first kappa shape index (κ1) is 11.6. The Labute approximate surface area is 113 Å². The van der Waals surface area contributed by atoms with Crippen molar-refractivity contribution in [2.75, 3.05) is 5.32 Å². The number of nitrogens with two attached hydrogens (primary N) is 1. The first-order valence-corrected chi connectivity index (χ1v) is 6.47. The van der Waals surface area contributed by atoms with Crippen LogP contribution in [0.15, 0.2) is 41.9 Å². The van der Waals surface area contributed by atoms with E-state index in [1.165, 1.54) is 11.3 Å². The molecule has 0 spiro atoms. The van der Waals surface area contributed by atoms with E-state index in [0.717, 1.165) is 16.6 Å². The molecule has 3 N–H and O–H groups in total. The van der Waals surface area contributed by atoms with Gasteiger partial charge in [0.2, 0.25) is 0 Å². The van der Waals surface area contributed by atoms with Crippen molar-refractivity contribution in [3.05, 3.63) is 47.6 Å². The molecule has 0 atom stereocenters. The zero-order valence-corrected chi connectivity index (χ0v) is 10.6. The van der Waals surface area contributed by atoms with E-state index in [9.17, 15) is 4.79 Å². The lowest BCUT2D eigenvalue weighted by atomic mass is 10.2. The van der Waals surface area contributed by atoms with Crippen LogP contribution in [0.5, 0.6) is 0 Å². The third-order valence-corrected chi connectivity index (χ3v) is 3.37. The Morgan fingerprint density at radius 1 is 1.32 bits per heavy atom. The summed E-state index contributed by atoms with van der Waals surface area (Å²) in [7, 11) is 0. The Morgan fingerprint density at radius 3 is 3.00 bits per heavy atom. The summed E-state index contributed by atoms with van der Waals surface area (Å²) in [6.07, 6.45) is 1.76. The van der Waals surface area contributed by atoms with Crippen LogP contribution in [0.3, 0.4) is 0 Å². The van der Waals surface area contributed by atoms with E-state index in [0.29, 0.717) is 5.13 Å². The molecule has 0 radical (unpaired) electrons. The zero-order valence-electron chi connectivity index (χ0n) is 9.83. The minimum Gasteiger partial charge on any atom is -0.364 e. The Balaban J connectivity index is 1.89. The van der Waals surface area contributed by atoms with Gasteiger partial charge in [0.05, 0.1) is 5.52 Å². The van der Waals surface area contributed by atoms with Gasteiger partial charge in [0, 0.05) is 22.7 Å². The number of thiazole rings is 1. The van der Waals surface area contributed by atoms with Crippen LogP contribution in [-0.2, 0) is 0 Å². The highest BCUT2D eigenvalue weighted by Gasteiger charge is 2.07. The van der Waals surface area contributed by atoms with Gasteiger partial charge in [0.15, 0.2) is 5.13 Å². The molecular weight excluding hydrogens is 260 g/mol. The first-order valence-electron chi connectivity index (χ1n) is 5.59. The lowest BCUT2D eigenvalue weighted by molar-refractivity contribution is 0.0996. The van der Waals surface area contributed by atoms with E-state index in [4.69, 9.17) is 5.73 Å². The van der Waals surface area contributed by atoms with Gasteiger partial charge < -0.3 is 11.1 Å². The highest BCUT2D eigenvalue weighted by Crippen LogP contribution is 2.23. The smallest absolute Gasteiger partial charge is 0.268 e. The number of anilines is 2. The number of carbonyl (C=O) groups is 1.